The summed E-state index contributed by atoms with van der Waals surface area (Å²) in [6.45, 7) is 4.75. The van der Waals surface area contributed by atoms with Gasteiger partial charge in [0.2, 0.25) is 0 Å². The number of imidazole rings is 1. The third kappa shape index (κ3) is 3.05. The predicted molar refractivity (Wildman–Crippen MR) is 77.8 cm³/mol. The van der Waals surface area contributed by atoms with Gasteiger partial charge in [0, 0.05) is 31.0 Å². The third-order valence-electron chi connectivity index (χ3n) is 3.84. The first-order valence-electron chi connectivity index (χ1n) is 7.34. The van der Waals surface area contributed by atoms with E-state index in [1.54, 1.807) is 0 Å². The average molecular weight is 291 g/mol. The molecule has 5 heteroatoms. The largest absolute Gasteiger partial charge is 0.328 e. The van der Waals surface area contributed by atoms with Crippen molar-refractivity contribution in [2.45, 2.75) is 52.0 Å². The Morgan fingerprint density at radius 3 is 2.52 bits per heavy atom. The molecule has 3 nitrogen and oxygen atoms in total. The number of hydrogen-bond acceptors (Lipinski definition) is 2. The Kier molecular flexibility index (Phi) is 4.89. The molecule has 0 saturated heterocycles. The zero-order chi connectivity index (χ0) is 15.4. The van der Waals surface area contributed by atoms with Crippen LogP contribution in [0.15, 0.2) is 12.1 Å². The summed E-state index contributed by atoms with van der Waals surface area (Å²) >= 11 is 0. The first kappa shape index (κ1) is 15.4. The summed E-state index contributed by atoms with van der Waals surface area (Å²) in [7, 11) is 0. The van der Waals surface area contributed by atoms with E-state index in [0.717, 1.165) is 24.7 Å². The van der Waals surface area contributed by atoms with Crippen molar-refractivity contribution in [2.75, 3.05) is 0 Å². The van der Waals surface area contributed by atoms with Gasteiger partial charge in [-0.25, -0.2) is 13.8 Å². The molecule has 0 N–H and O–H groups in total. The Bertz CT molecular complexity index is 666. The molecule has 1 heterocycles. The highest BCUT2D eigenvalue weighted by atomic mass is 19.2. The number of nitriles is 1. The number of nitrogens with zero attached hydrogens (tertiary/aromatic N) is 3. The standard InChI is InChI=1S/C16H19F2N3/c1-3-11(4-2)16-20-14-9-12(17)13(18)10-15(14)21(16)8-6-5-7-19/h9-11H,3-6,8H2,1-2H3. The first-order chi connectivity index (χ1) is 10.1. The third-order valence-corrected chi connectivity index (χ3v) is 3.84. The lowest BCUT2D eigenvalue weighted by Gasteiger charge is -2.15. The highest BCUT2D eigenvalue weighted by molar-refractivity contribution is 5.76. The molecule has 0 aliphatic rings. The summed E-state index contributed by atoms with van der Waals surface area (Å²) in [5.41, 5.74) is 1.08. The Morgan fingerprint density at radius 2 is 1.90 bits per heavy atom. The van der Waals surface area contributed by atoms with Crippen molar-refractivity contribution in [3.05, 3.63) is 29.6 Å². The van der Waals surface area contributed by atoms with Gasteiger partial charge in [-0.3, -0.25) is 0 Å². The van der Waals surface area contributed by atoms with Crippen LogP contribution in [0.3, 0.4) is 0 Å². The SMILES string of the molecule is CCC(CC)c1nc2cc(F)c(F)cc2n1CCCC#N. The number of hydrogen-bond donors (Lipinski definition) is 0. The fourth-order valence-electron chi connectivity index (χ4n) is 2.66. The second kappa shape index (κ2) is 6.66. The molecule has 0 spiro atoms. The van der Waals surface area contributed by atoms with Gasteiger partial charge in [0.1, 0.15) is 5.82 Å². The second-order valence-electron chi connectivity index (χ2n) is 5.15. The maximum atomic E-state index is 13.5. The highest BCUT2D eigenvalue weighted by Crippen LogP contribution is 2.28. The van der Waals surface area contributed by atoms with Gasteiger partial charge in [0.05, 0.1) is 17.1 Å². The molecule has 2 rings (SSSR count). The minimum absolute atomic E-state index is 0.255. The summed E-state index contributed by atoms with van der Waals surface area (Å²) in [5.74, 6) is -0.621. The quantitative estimate of drug-likeness (QED) is 0.734. The minimum Gasteiger partial charge on any atom is -0.328 e. The van der Waals surface area contributed by atoms with E-state index >= 15 is 0 Å². The summed E-state index contributed by atoms with van der Waals surface area (Å²) in [6, 6.07) is 4.46. The molecule has 0 amide bonds. The van der Waals surface area contributed by atoms with E-state index in [1.165, 1.54) is 6.07 Å². The molecule has 0 saturated carbocycles. The fraction of sp³-hybridized carbons (Fsp3) is 0.500. The van der Waals surface area contributed by atoms with Gasteiger partial charge in [0.15, 0.2) is 11.6 Å². The molecule has 0 fully saturated rings. The lowest BCUT2D eigenvalue weighted by Crippen LogP contribution is -2.08. The van der Waals surface area contributed by atoms with Gasteiger partial charge in [-0.2, -0.15) is 5.26 Å². The van der Waals surface area contributed by atoms with Crippen LogP contribution in [0, 0.1) is 23.0 Å². The molecule has 0 bridgehead atoms. The van der Waals surface area contributed by atoms with Gasteiger partial charge in [-0.1, -0.05) is 13.8 Å². The lowest BCUT2D eigenvalue weighted by atomic mass is 10.0. The number of aryl methyl sites for hydroxylation is 1. The van der Waals surface area contributed by atoms with Crippen LogP contribution in [0.2, 0.25) is 0 Å². The molecule has 2 aromatic rings. The maximum Gasteiger partial charge on any atom is 0.161 e. The van der Waals surface area contributed by atoms with E-state index in [1.807, 2.05) is 4.57 Å². The van der Waals surface area contributed by atoms with Crippen molar-refractivity contribution in [1.29, 1.82) is 5.26 Å². The van der Waals surface area contributed by atoms with Crippen LogP contribution in [0.25, 0.3) is 11.0 Å². The molecule has 0 atom stereocenters. The van der Waals surface area contributed by atoms with E-state index in [2.05, 4.69) is 24.9 Å². The van der Waals surface area contributed by atoms with E-state index in [-0.39, 0.29) is 5.92 Å². The van der Waals surface area contributed by atoms with Crippen LogP contribution in [0.5, 0.6) is 0 Å². The molecule has 1 aromatic carbocycles. The van der Waals surface area contributed by atoms with Gasteiger partial charge >= 0.3 is 0 Å². The van der Waals surface area contributed by atoms with Crippen LogP contribution in [-0.2, 0) is 6.54 Å². The van der Waals surface area contributed by atoms with Crippen molar-refractivity contribution in [3.8, 4) is 6.07 Å². The topological polar surface area (TPSA) is 41.6 Å². The zero-order valence-corrected chi connectivity index (χ0v) is 12.4. The number of aromatic nitrogens is 2. The van der Waals surface area contributed by atoms with E-state index in [9.17, 15) is 8.78 Å². The monoisotopic (exact) mass is 291 g/mol. The van der Waals surface area contributed by atoms with E-state index in [0.29, 0.717) is 30.4 Å². The average Bonchev–Trinajstić information content (AvgIpc) is 2.79. The highest BCUT2D eigenvalue weighted by Gasteiger charge is 2.19. The number of fused-ring (bicyclic) bond motifs is 1. The van der Waals surface area contributed by atoms with Gasteiger partial charge < -0.3 is 4.57 Å². The van der Waals surface area contributed by atoms with Crippen molar-refractivity contribution in [3.63, 3.8) is 0 Å². The molecule has 21 heavy (non-hydrogen) atoms. The smallest absolute Gasteiger partial charge is 0.161 e. The Hall–Kier alpha value is -1.96. The van der Waals surface area contributed by atoms with E-state index in [4.69, 9.17) is 5.26 Å². The van der Waals surface area contributed by atoms with E-state index < -0.39 is 11.6 Å². The van der Waals surface area contributed by atoms with Crippen LogP contribution >= 0.6 is 0 Å². The molecular weight excluding hydrogens is 272 g/mol. The van der Waals surface area contributed by atoms with Crippen LogP contribution in [0.4, 0.5) is 8.78 Å². The fourth-order valence-corrected chi connectivity index (χ4v) is 2.66. The summed E-state index contributed by atoms with van der Waals surface area (Å²) < 4.78 is 28.9. The molecule has 112 valence electrons. The Balaban J connectivity index is 2.54. The molecule has 0 aliphatic carbocycles. The van der Waals surface area contributed by atoms with Gasteiger partial charge in [-0.05, 0) is 19.3 Å². The lowest BCUT2D eigenvalue weighted by molar-refractivity contribution is 0.509. The van der Waals surface area contributed by atoms with Gasteiger partial charge in [-0.15, -0.1) is 0 Å². The number of unbranched alkanes of at least 4 members (excludes halogenated alkanes) is 1. The van der Waals surface area contributed by atoms with Crippen molar-refractivity contribution >= 4 is 11.0 Å². The number of rotatable bonds is 6. The summed E-state index contributed by atoms with van der Waals surface area (Å²) in [6.07, 6.45) is 2.95. The molecule has 1 aromatic heterocycles. The zero-order valence-electron chi connectivity index (χ0n) is 12.4. The van der Waals surface area contributed by atoms with Crippen LogP contribution in [-0.4, -0.2) is 9.55 Å². The van der Waals surface area contributed by atoms with Crippen LogP contribution in [0.1, 0.15) is 51.3 Å². The Morgan fingerprint density at radius 1 is 1.24 bits per heavy atom. The number of benzene rings is 1. The predicted octanol–water partition coefficient (Wildman–Crippen LogP) is 4.52. The second-order valence-corrected chi connectivity index (χ2v) is 5.15. The number of halogens is 2. The Labute approximate surface area is 123 Å². The molecule has 0 unspecified atom stereocenters. The normalized spacial score (nSPS) is 11.2. The first-order valence-corrected chi connectivity index (χ1v) is 7.34. The van der Waals surface area contributed by atoms with Crippen molar-refractivity contribution in [1.82, 2.24) is 9.55 Å². The van der Waals surface area contributed by atoms with Gasteiger partial charge in [0.25, 0.3) is 0 Å². The maximum absolute atomic E-state index is 13.5. The van der Waals surface area contributed by atoms with Crippen molar-refractivity contribution < 1.29 is 8.78 Å². The van der Waals surface area contributed by atoms with Crippen molar-refractivity contribution in [2.24, 2.45) is 0 Å². The molecule has 0 radical (unpaired) electrons. The molecule has 0 aliphatic heterocycles. The summed E-state index contributed by atoms with van der Waals surface area (Å²) in [5, 5.41) is 8.68. The molecular formula is C16H19F2N3. The van der Waals surface area contributed by atoms with Crippen LogP contribution < -0.4 is 0 Å². The summed E-state index contributed by atoms with van der Waals surface area (Å²) in [4.78, 5) is 4.51. The minimum atomic E-state index is -0.875.